The maximum Gasteiger partial charge on any atom is 0.337 e. The third kappa shape index (κ3) is 3.44. The van der Waals surface area contributed by atoms with Gasteiger partial charge < -0.3 is 19.9 Å². The highest BCUT2D eigenvalue weighted by Crippen LogP contribution is 2.17. The number of anilines is 1. The lowest BCUT2D eigenvalue weighted by Gasteiger charge is -2.23. The number of para-hydroxylation sites is 1. The molecule has 0 heterocycles. The summed E-state index contributed by atoms with van der Waals surface area (Å²) in [6.07, 6.45) is -0.433. The average molecular weight is 239 g/mol. The number of rotatable bonds is 6. The molecule has 5 nitrogen and oxygen atoms in total. The number of hydrogen-bond donors (Lipinski definition) is 2. The zero-order valence-electron chi connectivity index (χ0n) is 10.1. The standard InChI is InChI=1S/C12H17NO4/c1-8(12(16-2)17-3)13-10-7-5-4-6-9(10)11(14)15/h4-8,12-13H,1-3H3,(H,14,15). The van der Waals surface area contributed by atoms with Gasteiger partial charge in [-0.15, -0.1) is 0 Å². The molecule has 0 bridgehead atoms. The van der Waals surface area contributed by atoms with Crippen LogP contribution in [0.3, 0.4) is 0 Å². The van der Waals surface area contributed by atoms with E-state index >= 15 is 0 Å². The topological polar surface area (TPSA) is 67.8 Å². The lowest BCUT2D eigenvalue weighted by Crippen LogP contribution is -2.34. The molecule has 0 spiro atoms. The first-order valence-corrected chi connectivity index (χ1v) is 5.24. The van der Waals surface area contributed by atoms with Gasteiger partial charge >= 0.3 is 5.97 Å². The first-order chi connectivity index (χ1) is 8.10. The molecule has 17 heavy (non-hydrogen) atoms. The van der Waals surface area contributed by atoms with E-state index in [2.05, 4.69) is 5.32 Å². The Morgan fingerprint density at radius 3 is 2.41 bits per heavy atom. The fourth-order valence-corrected chi connectivity index (χ4v) is 1.61. The van der Waals surface area contributed by atoms with E-state index in [0.717, 1.165) is 0 Å². The van der Waals surface area contributed by atoms with Gasteiger partial charge in [0.05, 0.1) is 11.6 Å². The van der Waals surface area contributed by atoms with Crippen molar-refractivity contribution < 1.29 is 19.4 Å². The van der Waals surface area contributed by atoms with Crippen LogP contribution in [0.15, 0.2) is 24.3 Å². The highest BCUT2D eigenvalue weighted by Gasteiger charge is 2.18. The fourth-order valence-electron chi connectivity index (χ4n) is 1.61. The molecule has 0 saturated carbocycles. The predicted molar refractivity (Wildman–Crippen MR) is 64.3 cm³/mol. The highest BCUT2D eigenvalue weighted by molar-refractivity contribution is 5.94. The first-order valence-electron chi connectivity index (χ1n) is 5.24. The zero-order valence-corrected chi connectivity index (χ0v) is 10.1. The van der Waals surface area contributed by atoms with Gasteiger partial charge in [0.15, 0.2) is 6.29 Å². The molecule has 0 fully saturated rings. The smallest absolute Gasteiger partial charge is 0.337 e. The summed E-state index contributed by atoms with van der Waals surface area (Å²) in [5.74, 6) is -0.966. The number of benzene rings is 1. The van der Waals surface area contributed by atoms with Gasteiger partial charge in [0, 0.05) is 19.9 Å². The van der Waals surface area contributed by atoms with Crippen LogP contribution in [0.25, 0.3) is 0 Å². The summed E-state index contributed by atoms with van der Waals surface area (Å²) in [6, 6.07) is 6.55. The van der Waals surface area contributed by atoms with Crippen molar-refractivity contribution in [1.82, 2.24) is 0 Å². The van der Waals surface area contributed by atoms with Crippen LogP contribution < -0.4 is 5.32 Å². The second kappa shape index (κ2) is 6.22. The molecule has 5 heteroatoms. The van der Waals surface area contributed by atoms with Crippen molar-refractivity contribution >= 4 is 11.7 Å². The normalized spacial score (nSPS) is 12.5. The average Bonchev–Trinajstić information content (AvgIpc) is 2.31. The van der Waals surface area contributed by atoms with Gasteiger partial charge in [0.2, 0.25) is 0 Å². The lowest BCUT2D eigenvalue weighted by atomic mass is 10.1. The van der Waals surface area contributed by atoms with Crippen LogP contribution in [0.4, 0.5) is 5.69 Å². The van der Waals surface area contributed by atoms with Crippen LogP contribution in [0.2, 0.25) is 0 Å². The number of carboxylic acids is 1. The van der Waals surface area contributed by atoms with Crippen molar-refractivity contribution in [3.05, 3.63) is 29.8 Å². The Bertz CT molecular complexity index is 377. The molecule has 1 rings (SSSR count). The van der Waals surface area contributed by atoms with Gasteiger partial charge in [-0.05, 0) is 19.1 Å². The zero-order chi connectivity index (χ0) is 12.8. The number of nitrogens with one attached hydrogen (secondary N) is 1. The number of ether oxygens (including phenoxy) is 2. The van der Waals surface area contributed by atoms with Gasteiger partial charge in [0.25, 0.3) is 0 Å². The second-order valence-electron chi connectivity index (χ2n) is 3.62. The molecule has 2 N–H and O–H groups in total. The first kappa shape index (κ1) is 13.5. The molecular formula is C12H17NO4. The molecule has 0 radical (unpaired) electrons. The summed E-state index contributed by atoms with van der Waals surface area (Å²) in [5.41, 5.74) is 0.775. The molecule has 0 aliphatic carbocycles. The SMILES string of the molecule is COC(OC)C(C)Nc1ccccc1C(=O)O. The Morgan fingerprint density at radius 2 is 1.88 bits per heavy atom. The minimum absolute atomic E-state index is 0.162. The van der Waals surface area contributed by atoms with Crippen LogP contribution in [0, 0.1) is 0 Å². The maximum atomic E-state index is 11.0. The Balaban J connectivity index is 2.84. The Labute approximate surface area is 100 Å². The molecular weight excluding hydrogens is 222 g/mol. The van der Waals surface area contributed by atoms with Crippen LogP contribution in [-0.4, -0.2) is 37.6 Å². The van der Waals surface area contributed by atoms with Crippen molar-refractivity contribution in [3.8, 4) is 0 Å². The van der Waals surface area contributed by atoms with E-state index in [9.17, 15) is 4.79 Å². The number of carboxylic acid groups (broad SMARTS) is 1. The molecule has 1 unspecified atom stereocenters. The molecule has 0 aliphatic rings. The summed E-state index contributed by atoms with van der Waals surface area (Å²) in [6.45, 7) is 1.86. The molecule has 1 atom stereocenters. The van der Waals surface area contributed by atoms with Crippen LogP contribution in [-0.2, 0) is 9.47 Å². The fraction of sp³-hybridized carbons (Fsp3) is 0.417. The molecule has 0 aliphatic heterocycles. The number of carbonyl (C=O) groups is 1. The van der Waals surface area contributed by atoms with E-state index in [-0.39, 0.29) is 11.6 Å². The third-order valence-electron chi connectivity index (χ3n) is 2.41. The van der Waals surface area contributed by atoms with E-state index in [1.54, 1.807) is 24.3 Å². The van der Waals surface area contributed by atoms with Crippen LogP contribution >= 0.6 is 0 Å². The minimum atomic E-state index is -0.966. The number of aromatic carboxylic acids is 1. The van der Waals surface area contributed by atoms with Crippen molar-refractivity contribution in [2.45, 2.75) is 19.3 Å². The van der Waals surface area contributed by atoms with Crippen molar-refractivity contribution in [3.63, 3.8) is 0 Å². The number of methoxy groups -OCH3 is 2. The molecule has 0 aromatic heterocycles. The Hall–Kier alpha value is -1.59. The largest absolute Gasteiger partial charge is 0.478 e. The molecule has 1 aromatic rings. The van der Waals surface area contributed by atoms with E-state index in [0.29, 0.717) is 5.69 Å². The monoisotopic (exact) mass is 239 g/mol. The molecule has 0 amide bonds. The predicted octanol–water partition coefficient (Wildman–Crippen LogP) is 1.80. The summed E-state index contributed by atoms with van der Waals surface area (Å²) in [4.78, 5) is 11.0. The lowest BCUT2D eigenvalue weighted by molar-refractivity contribution is -0.109. The molecule has 1 aromatic carbocycles. The van der Waals surface area contributed by atoms with Gasteiger partial charge in [-0.1, -0.05) is 12.1 Å². The summed E-state index contributed by atoms with van der Waals surface area (Å²) < 4.78 is 10.2. The maximum absolute atomic E-state index is 11.0. The van der Waals surface area contributed by atoms with E-state index in [1.807, 2.05) is 6.92 Å². The van der Waals surface area contributed by atoms with Crippen LogP contribution in [0.5, 0.6) is 0 Å². The number of hydrogen-bond acceptors (Lipinski definition) is 4. The van der Waals surface area contributed by atoms with Gasteiger partial charge in [0.1, 0.15) is 0 Å². The third-order valence-corrected chi connectivity index (χ3v) is 2.41. The van der Waals surface area contributed by atoms with Gasteiger partial charge in [-0.25, -0.2) is 4.79 Å². The van der Waals surface area contributed by atoms with Gasteiger partial charge in [-0.3, -0.25) is 0 Å². The van der Waals surface area contributed by atoms with Crippen molar-refractivity contribution in [1.29, 1.82) is 0 Å². The highest BCUT2D eigenvalue weighted by atomic mass is 16.7. The van der Waals surface area contributed by atoms with Crippen molar-refractivity contribution in [2.24, 2.45) is 0 Å². The minimum Gasteiger partial charge on any atom is -0.478 e. The van der Waals surface area contributed by atoms with E-state index < -0.39 is 12.3 Å². The molecule has 94 valence electrons. The van der Waals surface area contributed by atoms with Gasteiger partial charge in [-0.2, -0.15) is 0 Å². The second-order valence-corrected chi connectivity index (χ2v) is 3.62. The Kier molecular flexibility index (Phi) is 4.93. The Morgan fingerprint density at radius 1 is 1.29 bits per heavy atom. The van der Waals surface area contributed by atoms with E-state index in [4.69, 9.17) is 14.6 Å². The summed E-state index contributed by atoms with van der Waals surface area (Å²) in [7, 11) is 3.07. The molecule has 0 saturated heterocycles. The summed E-state index contributed by atoms with van der Waals surface area (Å²) >= 11 is 0. The van der Waals surface area contributed by atoms with Crippen LogP contribution in [0.1, 0.15) is 17.3 Å². The van der Waals surface area contributed by atoms with Crippen molar-refractivity contribution in [2.75, 3.05) is 19.5 Å². The van der Waals surface area contributed by atoms with E-state index in [1.165, 1.54) is 14.2 Å². The summed E-state index contributed by atoms with van der Waals surface area (Å²) in [5, 5.41) is 12.1. The quantitative estimate of drug-likeness (QED) is 0.741.